The predicted molar refractivity (Wildman–Crippen MR) is 89.3 cm³/mol. The molecule has 0 aliphatic rings. The second kappa shape index (κ2) is 19.3. The third kappa shape index (κ3) is 14.9. The maximum atomic E-state index is 10.3. The highest BCUT2D eigenvalue weighted by molar-refractivity contribution is 8.26. The van der Waals surface area contributed by atoms with E-state index in [0.29, 0.717) is 6.42 Å². The third-order valence-corrected chi connectivity index (χ3v) is 3.51. The zero-order chi connectivity index (χ0) is 15.7. The molecule has 0 heterocycles. The Hall–Kier alpha value is -1.07. The van der Waals surface area contributed by atoms with Crippen LogP contribution in [0.4, 0.5) is 0 Å². The van der Waals surface area contributed by atoms with Gasteiger partial charge in [-0.3, -0.25) is 0 Å². The molecule has 0 radical (unpaired) electrons. The van der Waals surface area contributed by atoms with Crippen molar-refractivity contribution in [2.75, 3.05) is 0 Å². The highest BCUT2D eigenvalue weighted by Crippen LogP contribution is 1.96. The number of hydrogen-bond acceptors (Lipinski definition) is 3. The van der Waals surface area contributed by atoms with Crippen LogP contribution in [-0.2, 0) is 24.5 Å². The molecule has 3 nitrogen and oxygen atoms in total. The summed E-state index contributed by atoms with van der Waals surface area (Å²) in [5, 5.41) is 1.48. The van der Waals surface area contributed by atoms with E-state index in [2.05, 4.69) is 0 Å². The monoisotopic (exact) mass is 305 g/mol. The van der Waals surface area contributed by atoms with Crippen molar-refractivity contribution in [3.05, 3.63) is 35.9 Å². The number of nitrogens with one attached hydrogen (secondary N) is 1. The van der Waals surface area contributed by atoms with Gasteiger partial charge in [-0.1, -0.05) is 71.9 Å². The summed E-state index contributed by atoms with van der Waals surface area (Å²) in [6.45, 7) is 12.0. The molecule has 5 heteroatoms. The SMILES string of the molecule is CC.CC.CC.N=S(=CCc1ccccc1)=S(=O)=O. The Labute approximate surface area is 121 Å². The molecule has 0 amide bonds. The van der Waals surface area contributed by atoms with Crippen LogP contribution in [0.15, 0.2) is 30.3 Å². The van der Waals surface area contributed by atoms with Crippen LogP contribution in [0.2, 0.25) is 0 Å². The van der Waals surface area contributed by atoms with E-state index >= 15 is 0 Å². The van der Waals surface area contributed by atoms with Crippen molar-refractivity contribution < 1.29 is 8.42 Å². The van der Waals surface area contributed by atoms with E-state index in [1.807, 2.05) is 71.9 Å². The third-order valence-electron chi connectivity index (χ3n) is 1.46. The summed E-state index contributed by atoms with van der Waals surface area (Å²) in [5.41, 5.74) is 1.03. The van der Waals surface area contributed by atoms with E-state index in [9.17, 15) is 8.42 Å². The lowest BCUT2D eigenvalue weighted by atomic mass is 10.2. The Morgan fingerprint density at radius 2 is 1.37 bits per heavy atom. The van der Waals surface area contributed by atoms with Crippen LogP contribution in [0.25, 0.3) is 0 Å². The van der Waals surface area contributed by atoms with Gasteiger partial charge in [-0.25, -0.2) is 4.78 Å². The molecule has 0 saturated heterocycles. The van der Waals surface area contributed by atoms with Crippen LogP contribution in [0.5, 0.6) is 0 Å². The Balaban J connectivity index is -0.000000375. The summed E-state index contributed by atoms with van der Waals surface area (Å²) < 4.78 is 27.8. The summed E-state index contributed by atoms with van der Waals surface area (Å²) in [4.78, 5) is 0. The lowest BCUT2D eigenvalue weighted by Crippen LogP contribution is -1.84. The van der Waals surface area contributed by atoms with Crippen molar-refractivity contribution in [2.45, 2.75) is 48.0 Å². The maximum Gasteiger partial charge on any atom is 0.279 e. The Kier molecular flexibility index (Phi) is 23.4. The Bertz CT molecular complexity index is 510. The van der Waals surface area contributed by atoms with Gasteiger partial charge in [-0.2, -0.15) is 8.42 Å². The van der Waals surface area contributed by atoms with Gasteiger partial charge in [-0.15, -0.1) is 0 Å². The maximum absolute atomic E-state index is 10.3. The van der Waals surface area contributed by atoms with E-state index in [1.54, 1.807) is 0 Å². The van der Waals surface area contributed by atoms with Gasteiger partial charge < -0.3 is 0 Å². The highest BCUT2D eigenvalue weighted by atomic mass is 32.8. The van der Waals surface area contributed by atoms with Crippen LogP contribution < -0.4 is 0 Å². The zero-order valence-electron chi connectivity index (χ0n) is 12.8. The number of hydrogen-bond donors (Lipinski definition) is 1. The first kappa shape index (κ1) is 23.1. The molecule has 0 atom stereocenters. The molecule has 0 bridgehead atoms. The minimum atomic E-state index is -2.30. The molecule has 0 aliphatic heterocycles. The molecule has 1 N–H and O–H groups in total. The first-order chi connectivity index (χ1) is 9.20. The summed E-state index contributed by atoms with van der Waals surface area (Å²) in [5.74, 6) is 0. The predicted octanol–water partition coefficient (Wildman–Crippen LogP) is 4.28. The van der Waals surface area contributed by atoms with Gasteiger partial charge in [0, 0.05) is 6.42 Å². The molecule has 0 unspecified atom stereocenters. The first-order valence-corrected chi connectivity index (χ1v) is 9.49. The Morgan fingerprint density at radius 1 is 0.947 bits per heavy atom. The van der Waals surface area contributed by atoms with Gasteiger partial charge in [0.05, 0.1) is 0 Å². The van der Waals surface area contributed by atoms with E-state index < -0.39 is 18.1 Å². The highest BCUT2D eigenvalue weighted by Gasteiger charge is 1.85. The summed E-state index contributed by atoms with van der Waals surface area (Å²) in [6.07, 6.45) is 0.529. The largest absolute Gasteiger partial charge is 0.279 e. The Morgan fingerprint density at radius 3 is 1.74 bits per heavy atom. The van der Waals surface area contributed by atoms with Crippen LogP contribution in [0.1, 0.15) is 47.1 Å². The van der Waals surface area contributed by atoms with E-state index in [1.165, 1.54) is 5.37 Å². The van der Waals surface area contributed by atoms with Gasteiger partial charge >= 0.3 is 0 Å². The molecule has 1 aromatic rings. The lowest BCUT2D eigenvalue weighted by Gasteiger charge is -1.91. The molecule has 1 aromatic carbocycles. The fraction of sp³-hybridized carbons (Fsp3) is 0.500. The molecular weight excluding hydrogens is 278 g/mol. The topological polar surface area (TPSA) is 58.0 Å². The quantitative estimate of drug-likeness (QED) is 0.829. The van der Waals surface area contributed by atoms with E-state index in [0.717, 1.165) is 5.56 Å². The molecule has 19 heavy (non-hydrogen) atoms. The van der Waals surface area contributed by atoms with Crippen LogP contribution >= 0.6 is 0 Å². The van der Waals surface area contributed by atoms with Gasteiger partial charge in [0.25, 0.3) is 9.26 Å². The standard InChI is InChI=1S/C8H9NO2S2.3C2H6/c9-12(13(10)11)7-6-8-4-2-1-3-5-8;3*1-2/h1-5,7,9H,6H2;3*1-2H3. The lowest BCUT2D eigenvalue weighted by molar-refractivity contribution is 0.628. The minimum absolute atomic E-state index is 0.529. The van der Waals surface area contributed by atoms with Gasteiger partial charge in [0.2, 0.25) is 0 Å². The molecule has 1 rings (SSSR count). The summed E-state index contributed by atoms with van der Waals surface area (Å²) in [6, 6.07) is 9.48. The molecule has 0 saturated carbocycles. The van der Waals surface area contributed by atoms with Gasteiger partial charge in [-0.05, 0) is 19.8 Å². The second-order valence-electron chi connectivity index (χ2n) is 2.36. The number of rotatable bonds is 2. The molecular formula is C14H27NO2S2. The second-order valence-corrected chi connectivity index (χ2v) is 5.59. The zero-order valence-corrected chi connectivity index (χ0v) is 14.4. The average Bonchev–Trinajstić information content (AvgIpc) is 2.51. The first-order valence-electron chi connectivity index (χ1n) is 6.61. The van der Waals surface area contributed by atoms with Gasteiger partial charge in [0.15, 0.2) is 0 Å². The van der Waals surface area contributed by atoms with Crippen molar-refractivity contribution in [3.63, 3.8) is 0 Å². The fourth-order valence-electron chi connectivity index (χ4n) is 0.842. The van der Waals surface area contributed by atoms with Gasteiger partial charge in [0.1, 0.15) is 0 Å². The molecule has 0 aromatic heterocycles. The van der Waals surface area contributed by atoms with Crippen LogP contribution in [0, 0.1) is 4.78 Å². The average molecular weight is 306 g/mol. The van der Waals surface area contributed by atoms with Crippen LogP contribution in [-0.4, -0.2) is 13.8 Å². The summed E-state index contributed by atoms with van der Waals surface area (Å²) in [7, 11) is -3.68. The van der Waals surface area contributed by atoms with Crippen LogP contribution in [0.3, 0.4) is 0 Å². The summed E-state index contributed by atoms with van der Waals surface area (Å²) >= 11 is 0. The fourth-order valence-corrected chi connectivity index (χ4v) is 1.83. The normalized spacial score (nSPS) is 7.26. The van der Waals surface area contributed by atoms with Crippen molar-refractivity contribution in [1.29, 1.82) is 4.78 Å². The molecule has 112 valence electrons. The minimum Gasteiger partial charge on any atom is -0.243 e. The number of benzene rings is 1. The molecule has 0 spiro atoms. The van der Waals surface area contributed by atoms with Crippen molar-refractivity contribution in [1.82, 2.24) is 0 Å². The molecule has 0 aliphatic carbocycles. The molecule has 0 fully saturated rings. The van der Waals surface area contributed by atoms with Crippen molar-refractivity contribution >= 4 is 23.5 Å². The smallest absolute Gasteiger partial charge is 0.243 e. The van der Waals surface area contributed by atoms with Crippen molar-refractivity contribution in [2.24, 2.45) is 0 Å². The van der Waals surface area contributed by atoms with Crippen molar-refractivity contribution in [3.8, 4) is 0 Å². The van der Waals surface area contributed by atoms with E-state index in [4.69, 9.17) is 4.78 Å². The van der Waals surface area contributed by atoms with E-state index in [-0.39, 0.29) is 0 Å².